The van der Waals surface area contributed by atoms with Crippen LogP contribution in [0.5, 0.6) is 0 Å². The van der Waals surface area contributed by atoms with E-state index in [1.165, 1.54) is 41.3 Å². The maximum Gasteiger partial charge on any atom is 0.0985 e. The molecule has 1 saturated carbocycles. The smallest absolute Gasteiger partial charge is 0.0985 e. The molecule has 1 aliphatic carbocycles. The Kier molecular flexibility index (Phi) is 3.45. The fraction of sp³-hybridized carbons (Fsp3) is 0.769. The van der Waals surface area contributed by atoms with Crippen molar-refractivity contribution in [2.45, 2.75) is 44.1 Å². The predicted octanol–water partition coefficient (Wildman–Crippen LogP) is 2.63. The quantitative estimate of drug-likeness (QED) is 0.894. The van der Waals surface area contributed by atoms with Gasteiger partial charge in [0.1, 0.15) is 0 Å². The molecule has 94 valence electrons. The molecule has 0 spiro atoms. The zero-order valence-electron chi connectivity index (χ0n) is 10.4. The van der Waals surface area contributed by atoms with Crippen LogP contribution in [0.15, 0.2) is 0 Å². The highest BCUT2D eigenvalue weighted by atomic mass is 32.1. The lowest BCUT2D eigenvalue weighted by Gasteiger charge is -2.19. The van der Waals surface area contributed by atoms with E-state index in [9.17, 15) is 0 Å². The third-order valence-corrected chi connectivity index (χ3v) is 4.79. The van der Waals surface area contributed by atoms with E-state index in [1.54, 1.807) is 0 Å². The van der Waals surface area contributed by atoms with Gasteiger partial charge < -0.3 is 10.1 Å². The van der Waals surface area contributed by atoms with E-state index in [-0.39, 0.29) is 0 Å². The Labute approximate surface area is 107 Å². The van der Waals surface area contributed by atoms with Crippen molar-refractivity contribution in [3.8, 4) is 0 Å². The normalized spacial score (nSPS) is 25.1. The summed E-state index contributed by atoms with van der Waals surface area (Å²) in [6, 6.07) is 0. The molecule has 17 heavy (non-hydrogen) atoms. The molecule has 2 heterocycles. The van der Waals surface area contributed by atoms with Gasteiger partial charge in [-0.25, -0.2) is 4.98 Å². The van der Waals surface area contributed by atoms with Gasteiger partial charge in [0.2, 0.25) is 0 Å². The molecule has 1 saturated heterocycles. The number of nitrogens with zero attached hydrogens (tertiary/aromatic N) is 1. The molecule has 1 aromatic heterocycles. The molecule has 3 nitrogen and oxygen atoms in total. The third kappa shape index (κ3) is 2.54. The van der Waals surface area contributed by atoms with E-state index in [0.29, 0.717) is 5.92 Å². The van der Waals surface area contributed by atoms with Gasteiger partial charge in [0.05, 0.1) is 17.3 Å². The summed E-state index contributed by atoms with van der Waals surface area (Å²) in [6.45, 7) is 2.77. The standard InChI is InChI=1S/C13H20N2OS/c1-14-7-11-12(9-4-5-9)15-13(17-11)10-3-2-6-16-8-10/h9-10,14H,2-8H2,1H3. The van der Waals surface area contributed by atoms with E-state index in [0.717, 1.165) is 25.7 Å². The Balaban J connectivity index is 1.81. The van der Waals surface area contributed by atoms with Crippen molar-refractivity contribution < 1.29 is 4.74 Å². The Hall–Kier alpha value is -0.450. The first kappa shape index (κ1) is 11.6. The maximum atomic E-state index is 5.57. The second-order valence-corrected chi connectivity index (χ2v) is 6.19. The van der Waals surface area contributed by atoms with Gasteiger partial charge in [-0.15, -0.1) is 11.3 Å². The van der Waals surface area contributed by atoms with Crippen molar-refractivity contribution in [3.63, 3.8) is 0 Å². The summed E-state index contributed by atoms with van der Waals surface area (Å²) in [5.41, 5.74) is 1.38. The van der Waals surface area contributed by atoms with E-state index in [4.69, 9.17) is 9.72 Å². The van der Waals surface area contributed by atoms with Gasteiger partial charge in [0, 0.05) is 29.9 Å². The van der Waals surface area contributed by atoms with Gasteiger partial charge in [-0.3, -0.25) is 0 Å². The number of hydrogen-bond donors (Lipinski definition) is 1. The summed E-state index contributed by atoms with van der Waals surface area (Å²) in [5.74, 6) is 1.31. The minimum atomic E-state index is 0.553. The van der Waals surface area contributed by atoms with Crippen LogP contribution in [0.25, 0.3) is 0 Å². The number of nitrogens with one attached hydrogen (secondary N) is 1. The zero-order chi connectivity index (χ0) is 11.7. The Morgan fingerprint density at radius 3 is 2.88 bits per heavy atom. The van der Waals surface area contributed by atoms with Crippen molar-refractivity contribution in [2.24, 2.45) is 0 Å². The topological polar surface area (TPSA) is 34.1 Å². The van der Waals surface area contributed by atoms with Gasteiger partial charge in [-0.2, -0.15) is 0 Å². The van der Waals surface area contributed by atoms with Gasteiger partial charge in [-0.05, 0) is 32.7 Å². The number of hydrogen-bond acceptors (Lipinski definition) is 4. The molecule has 1 atom stereocenters. The Morgan fingerprint density at radius 2 is 2.24 bits per heavy atom. The molecular weight excluding hydrogens is 232 g/mol. The molecule has 0 aromatic carbocycles. The van der Waals surface area contributed by atoms with E-state index < -0.39 is 0 Å². The van der Waals surface area contributed by atoms with Crippen LogP contribution < -0.4 is 5.32 Å². The molecule has 4 heteroatoms. The lowest BCUT2D eigenvalue weighted by atomic mass is 10.0. The summed E-state index contributed by atoms with van der Waals surface area (Å²) in [4.78, 5) is 6.37. The van der Waals surface area contributed by atoms with Crippen molar-refractivity contribution in [2.75, 3.05) is 20.3 Å². The molecule has 1 unspecified atom stereocenters. The first-order chi connectivity index (χ1) is 8.38. The summed E-state index contributed by atoms with van der Waals surface area (Å²) in [5, 5.41) is 4.58. The van der Waals surface area contributed by atoms with Crippen LogP contribution in [0.4, 0.5) is 0 Å². The number of rotatable bonds is 4. The third-order valence-electron chi connectivity index (χ3n) is 3.56. The number of ether oxygens (including phenoxy) is 1. The van der Waals surface area contributed by atoms with Gasteiger partial charge >= 0.3 is 0 Å². The fourth-order valence-electron chi connectivity index (χ4n) is 2.46. The first-order valence-electron chi connectivity index (χ1n) is 6.60. The minimum absolute atomic E-state index is 0.553. The monoisotopic (exact) mass is 252 g/mol. The van der Waals surface area contributed by atoms with Gasteiger partial charge in [-0.1, -0.05) is 0 Å². The highest BCUT2D eigenvalue weighted by molar-refractivity contribution is 7.11. The van der Waals surface area contributed by atoms with Crippen LogP contribution >= 0.6 is 11.3 Å². The molecule has 1 N–H and O–H groups in total. The van der Waals surface area contributed by atoms with Crippen LogP contribution in [-0.4, -0.2) is 25.2 Å². The lowest BCUT2D eigenvalue weighted by Crippen LogP contribution is -2.15. The van der Waals surface area contributed by atoms with Gasteiger partial charge in [0.25, 0.3) is 0 Å². The highest BCUT2D eigenvalue weighted by Crippen LogP contribution is 2.44. The van der Waals surface area contributed by atoms with Crippen LogP contribution in [0.3, 0.4) is 0 Å². The highest BCUT2D eigenvalue weighted by Gasteiger charge is 2.31. The number of aromatic nitrogens is 1. The minimum Gasteiger partial charge on any atom is -0.381 e. The maximum absolute atomic E-state index is 5.57. The molecule has 0 amide bonds. The largest absolute Gasteiger partial charge is 0.381 e. The SMILES string of the molecule is CNCc1sc(C2CCCOC2)nc1C1CC1. The Bertz CT molecular complexity index is 381. The van der Waals surface area contributed by atoms with Crippen LogP contribution in [-0.2, 0) is 11.3 Å². The molecule has 0 radical (unpaired) electrons. The van der Waals surface area contributed by atoms with Crippen LogP contribution in [0, 0.1) is 0 Å². The molecular formula is C13H20N2OS. The second kappa shape index (κ2) is 5.04. The number of thiazole rings is 1. The van der Waals surface area contributed by atoms with Crippen LogP contribution in [0.2, 0.25) is 0 Å². The predicted molar refractivity (Wildman–Crippen MR) is 69.6 cm³/mol. The lowest BCUT2D eigenvalue weighted by molar-refractivity contribution is 0.0803. The summed E-state index contributed by atoms with van der Waals surface area (Å²) in [6.07, 6.45) is 5.10. The van der Waals surface area contributed by atoms with E-state index in [2.05, 4.69) is 5.32 Å². The molecule has 0 bridgehead atoms. The van der Waals surface area contributed by atoms with E-state index >= 15 is 0 Å². The average Bonchev–Trinajstić information content (AvgIpc) is 3.13. The van der Waals surface area contributed by atoms with E-state index in [1.807, 2.05) is 18.4 Å². The van der Waals surface area contributed by atoms with Crippen molar-refractivity contribution in [1.29, 1.82) is 0 Å². The summed E-state index contributed by atoms with van der Waals surface area (Å²) < 4.78 is 5.57. The summed E-state index contributed by atoms with van der Waals surface area (Å²) >= 11 is 1.91. The zero-order valence-corrected chi connectivity index (χ0v) is 11.2. The Morgan fingerprint density at radius 1 is 1.35 bits per heavy atom. The average molecular weight is 252 g/mol. The second-order valence-electron chi connectivity index (χ2n) is 5.08. The molecule has 1 aliphatic heterocycles. The van der Waals surface area contributed by atoms with Crippen molar-refractivity contribution >= 4 is 11.3 Å². The summed E-state index contributed by atoms with van der Waals surface area (Å²) in [7, 11) is 2.01. The van der Waals surface area contributed by atoms with Crippen molar-refractivity contribution in [3.05, 3.63) is 15.6 Å². The first-order valence-corrected chi connectivity index (χ1v) is 7.42. The molecule has 3 rings (SSSR count). The van der Waals surface area contributed by atoms with Crippen molar-refractivity contribution in [1.82, 2.24) is 10.3 Å². The van der Waals surface area contributed by atoms with Crippen LogP contribution in [0.1, 0.15) is 53.1 Å². The fourth-order valence-corrected chi connectivity index (χ4v) is 3.74. The molecule has 2 fully saturated rings. The van der Waals surface area contributed by atoms with Gasteiger partial charge in [0.15, 0.2) is 0 Å². The molecule has 2 aliphatic rings. The molecule has 1 aromatic rings.